The lowest BCUT2D eigenvalue weighted by atomic mass is 9.90. The lowest BCUT2D eigenvalue weighted by Gasteiger charge is -2.24. The lowest BCUT2D eigenvalue weighted by Crippen LogP contribution is -2.40. The molecular weight excluding hydrogens is 166 g/mol. The molecule has 0 aromatic carbocycles. The first kappa shape index (κ1) is 12.4. The normalized spacial score (nSPS) is 13.9. The fourth-order valence-corrected chi connectivity index (χ4v) is 0.814. The molecule has 0 aromatic heterocycles. The molecule has 0 heterocycles. The standard InChI is InChI=1S/C10H21NO2/c1-6-10(3,4)7-11-8(2)9(12)13-5/h8,11H,6-7H2,1-5H3. The van der Waals surface area contributed by atoms with Crippen molar-refractivity contribution in [2.75, 3.05) is 13.7 Å². The minimum atomic E-state index is -0.212. The summed E-state index contributed by atoms with van der Waals surface area (Å²) in [6.45, 7) is 9.13. The molecule has 0 radical (unpaired) electrons. The highest BCUT2D eigenvalue weighted by Crippen LogP contribution is 2.17. The van der Waals surface area contributed by atoms with Crippen LogP contribution in [0.3, 0.4) is 0 Å². The van der Waals surface area contributed by atoms with Crippen LogP contribution in [0.15, 0.2) is 0 Å². The maximum Gasteiger partial charge on any atom is 0.322 e. The van der Waals surface area contributed by atoms with Gasteiger partial charge < -0.3 is 10.1 Å². The molecule has 0 amide bonds. The third-order valence-corrected chi connectivity index (χ3v) is 2.40. The zero-order valence-electron chi connectivity index (χ0n) is 9.31. The molecular formula is C10H21NO2. The number of nitrogens with one attached hydrogen (secondary N) is 1. The third kappa shape index (κ3) is 4.88. The molecule has 0 aromatic rings. The van der Waals surface area contributed by atoms with Gasteiger partial charge in [0.1, 0.15) is 6.04 Å². The molecule has 0 aliphatic rings. The number of methoxy groups -OCH3 is 1. The van der Waals surface area contributed by atoms with Crippen LogP contribution in [-0.4, -0.2) is 25.7 Å². The van der Waals surface area contributed by atoms with Crippen molar-refractivity contribution in [2.24, 2.45) is 5.41 Å². The van der Waals surface area contributed by atoms with E-state index in [-0.39, 0.29) is 17.4 Å². The largest absolute Gasteiger partial charge is 0.468 e. The Morgan fingerprint density at radius 1 is 1.54 bits per heavy atom. The van der Waals surface area contributed by atoms with Crippen LogP contribution >= 0.6 is 0 Å². The smallest absolute Gasteiger partial charge is 0.322 e. The van der Waals surface area contributed by atoms with Crippen LogP contribution in [0.1, 0.15) is 34.1 Å². The lowest BCUT2D eigenvalue weighted by molar-refractivity contribution is -0.142. The molecule has 13 heavy (non-hydrogen) atoms. The van der Waals surface area contributed by atoms with E-state index in [2.05, 4.69) is 30.8 Å². The first-order valence-corrected chi connectivity index (χ1v) is 4.74. The van der Waals surface area contributed by atoms with E-state index in [4.69, 9.17) is 0 Å². The van der Waals surface area contributed by atoms with E-state index in [0.717, 1.165) is 13.0 Å². The Kier molecular flexibility index (Phi) is 4.99. The van der Waals surface area contributed by atoms with E-state index in [1.165, 1.54) is 7.11 Å². The quantitative estimate of drug-likeness (QED) is 0.664. The predicted molar refractivity (Wildman–Crippen MR) is 53.6 cm³/mol. The number of carbonyl (C=O) groups excluding carboxylic acids is 1. The van der Waals surface area contributed by atoms with Crippen molar-refractivity contribution >= 4 is 5.97 Å². The molecule has 0 fully saturated rings. The zero-order chi connectivity index (χ0) is 10.5. The van der Waals surface area contributed by atoms with Crippen LogP contribution in [0.4, 0.5) is 0 Å². The molecule has 3 nitrogen and oxygen atoms in total. The minimum absolute atomic E-state index is 0.202. The van der Waals surface area contributed by atoms with Gasteiger partial charge in [0.05, 0.1) is 7.11 Å². The zero-order valence-corrected chi connectivity index (χ0v) is 9.31. The SMILES string of the molecule is CCC(C)(C)CNC(C)C(=O)OC. The van der Waals surface area contributed by atoms with Crippen LogP contribution in [-0.2, 0) is 9.53 Å². The number of esters is 1. The van der Waals surface area contributed by atoms with Gasteiger partial charge in [-0.1, -0.05) is 20.8 Å². The van der Waals surface area contributed by atoms with Crippen LogP contribution in [0.25, 0.3) is 0 Å². The van der Waals surface area contributed by atoms with Gasteiger partial charge in [-0.15, -0.1) is 0 Å². The highest BCUT2D eigenvalue weighted by atomic mass is 16.5. The van der Waals surface area contributed by atoms with Crippen molar-refractivity contribution in [3.05, 3.63) is 0 Å². The van der Waals surface area contributed by atoms with Crippen LogP contribution in [0, 0.1) is 5.41 Å². The summed E-state index contributed by atoms with van der Waals surface area (Å²) in [6.07, 6.45) is 1.09. The van der Waals surface area contributed by atoms with Crippen molar-refractivity contribution in [1.82, 2.24) is 5.32 Å². The van der Waals surface area contributed by atoms with E-state index >= 15 is 0 Å². The molecule has 1 unspecified atom stereocenters. The summed E-state index contributed by atoms with van der Waals surface area (Å²) in [6, 6.07) is -0.212. The maximum absolute atomic E-state index is 11.0. The summed E-state index contributed by atoms with van der Waals surface area (Å²) in [5.41, 5.74) is 0.238. The van der Waals surface area contributed by atoms with Crippen LogP contribution < -0.4 is 5.32 Å². The van der Waals surface area contributed by atoms with Crippen LogP contribution in [0.5, 0.6) is 0 Å². The Labute approximate surface area is 80.8 Å². The van der Waals surface area contributed by atoms with Gasteiger partial charge in [-0.3, -0.25) is 4.79 Å². The molecule has 1 N–H and O–H groups in total. The van der Waals surface area contributed by atoms with Crippen LogP contribution in [0.2, 0.25) is 0 Å². The van der Waals surface area contributed by atoms with Gasteiger partial charge in [-0.05, 0) is 18.8 Å². The molecule has 0 saturated heterocycles. The van der Waals surface area contributed by atoms with Gasteiger partial charge >= 0.3 is 5.97 Å². The Balaban J connectivity index is 3.82. The number of ether oxygens (including phenoxy) is 1. The second kappa shape index (κ2) is 5.22. The van der Waals surface area contributed by atoms with Gasteiger partial charge in [0, 0.05) is 6.54 Å². The highest BCUT2D eigenvalue weighted by molar-refractivity contribution is 5.75. The summed E-state index contributed by atoms with van der Waals surface area (Å²) in [5, 5.41) is 3.15. The maximum atomic E-state index is 11.0. The first-order valence-electron chi connectivity index (χ1n) is 4.74. The summed E-state index contributed by atoms with van der Waals surface area (Å²) >= 11 is 0. The second-order valence-electron chi connectivity index (χ2n) is 4.14. The highest BCUT2D eigenvalue weighted by Gasteiger charge is 2.18. The van der Waals surface area contributed by atoms with Gasteiger partial charge in [0.15, 0.2) is 0 Å². The van der Waals surface area contributed by atoms with Gasteiger partial charge in [0.2, 0.25) is 0 Å². The molecule has 0 aliphatic heterocycles. The van der Waals surface area contributed by atoms with Gasteiger partial charge in [0.25, 0.3) is 0 Å². The molecule has 0 aliphatic carbocycles. The Bertz CT molecular complexity index is 166. The van der Waals surface area contributed by atoms with E-state index in [1.807, 2.05) is 6.92 Å². The summed E-state index contributed by atoms with van der Waals surface area (Å²) in [7, 11) is 1.41. The Morgan fingerprint density at radius 2 is 2.08 bits per heavy atom. The van der Waals surface area contributed by atoms with E-state index < -0.39 is 0 Å². The molecule has 0 rings (SSSR count). The Hall–Kier alpha value is -0.570. The fourth-order valence-electron chi connectivity index (χ4n) is 0.814. The molecule has 0 saturated carbocycles. The third-order valence-electron chi connectivity index (χ3n) is 2.40. The fraction of sp³-hybridized carbons (Fsp3) is 0.900. The number of hydrogen-bond donors (Lipinski definition) is 1. The average Bonchev–Trinajstić information content (AvgIpc) is 2.13. The van der Waals surface area contributed by atoms with E-state index in [9.17, 15) is 4.79 Å². The predicted octanol–water partition coefficient (Wildman–Crippen LogP) is 1.57. The second-order valence-corrected chi connectivity index (χ2v) is 4.14. The van der Waals surface area contributed by atoms with E-state index in [0.29, 0.717) is 0 Å². The van der Waals surface area contributed by atoms with Gasteiger partial charge in [-0.2, -0.15) is 0 Å². The monoisotopic (exact) mass is 187 g/mol. The van der Waals surface area contributed by atoms with Gasteiger partial charge in [-0.25, -0.2) is 0 Å². The average molecular weight is 187 g/mol. The Morgan fingerprint density at radius 3 is 2.46 bits per heavy atom. The number of carbonyl (C=O) groups is 1. The van der Waals surface area contributed by atoms with Crippen molar-refractivity contribution in [1.29, 1.82) is 0 Å². The van der Waals surface area contributed by atoms with Crippen molar-refractivity contribution in [3.63, 3.8) is 0 Å². The first-order chi connectivity index (χ1) is 5.93. The number of rotatable bonds is 5. The summed E-state index contributed by atoms with van der Waals surface area (Å²) in [5.74, 6) is -0.202. The molecule has 0 bridgehead atoms. The van der Waals surface area contributed by atoms with E-state index in [1.54, 1.807) is 0 Å². The van der Waals surface area contributed by atoms with Crippen molar-refractivity contribution < 1.29 is 9.53 Å². The minimum Gasteiger partial charge on any atom is -0.468 e. The summed E-state index contributed by atoms with van der Waals surface area (Å²) < 4.78 is 4.61. The summed E-state index contributed by atoms with van der Waals surface area (Å²) in [4.78, 5) is 11.0. The van der Waals surface area contributed by atoms with Crippen molar-refractivity contribution in [2.45, 2.75) is 40.2 Å². The molecule has 1 atom stereocenters. The molecule has 78 valence electrons. The topological polar surface area (TPSA) is 38.3 Å². The molecule has 0 spiro atoms. The molecule has 3 heteroatoms. The van der Waals surface area contributed by atoms with Crippen molar-refractivity contribution in [3.8, 4) is 0 Å². The number of hydrogen-bond acceptors (Lipinski definition) is 3.